The highest BCUT2D eigenvalue weighted by Crippen LogP contribution is 2.31. The molecule has 0 saturated heterocycles. The maximum absolute atomic E-state index is 13.9. The zero-order valence-corrected chi connectivity index (χ0v) is 16.1. The van der Waals surface area contributed by atoms with E-state index in [0.717, 1.165) is 44.8 Å². The van der Waals surface area contributed by atoms with Gasteiger partial charge in [-0.05, 0) is 73.9 Å². The number of rotatable bonds is 7. The summed E-state index contributed by atoms with van der Waals surface area (Å²) < 4.78 is 27.3. The molecule has 0 heterocycles. The van der Waals surface area contributed by atoms with E-state index in [-0.39, 0.29) is 11.9 Å². The van der Waals surface area contributed by atoms with Crippen LogP contribution in [0.4, 0.5) is 8.78 Å². The molecule has 2 aromatic carbocycles. The molecule has 4 heteroatoms. The van der Waals surface area contributed by atoms with Gasteiger partial charge in [-0.1, -0.05) is 37.3 Å². The summed E-state index contributed by atoms with van der Waals surface area (Å²) >= 11 is 0. The number of nitrogens with two attached hydrogens (primary N) is 1. The Kier molecular flexibility index (Phi) is 6.97. The van der Waals surface area contributed by atoms with Crippen LogP contribution in [-0.2, 0) is 13.0 Å². The molecule has 146 valence electrons. The van der Waals surface area contributed by atoms with Gasteiger partial charge in [0.25, 0.3) is 0 Å². The van der Waals surface area contributed by atoms with E-state index in [1.54, 1.807) is 0 Å². The van der Waals surface area contributed by atoms with Crippen molar-refractivity contribution >= 4 is 0 Å². The molecule has 0 bridgehead atoms. The fraction of sp³-hybridized carbons (Fsp3) is 0.478. The molecule has 1 aliphatic rings. The second-order valence-corrected chi connectivity index (χ2v) is 7.72. The molecule has 0 spiro atoms. The Morgan fingerprint density at radius 3 is 2.41 bits per heavy atom. The largest absolute Gasteiger partial charge is 0.327 e. The predicted molar refractivity (Wildman–Crippen MR) is 106 cm³/mol. The van der Waals surface area contributed by atoms with Crippen LogP contribution < -0.4 is 5.73 Å². The van der Waals surface area contributed by atoms with Crippen molar-refractivity contribution in [2.24, 2.45) is 11.7 Å². The molecule has 1 fully saturated rings. The molecule has 0 radical (unpaired) electrons. The summed E-state index contributed by atoms with van der Waals surface area (Å²) in [7, 11) is 0. The lowest BCUT2D eigenvalue weighted by atomic mass is 9.79. The van der Waals surface area contributed by atoms with E-state index in [0.29, 0.717) is 23.9 Å². The van der Waals surface area contributed by atoms with E-state index in [9.17, 15) is 8.78 Å². The van der Waals surface area contributed by atoms with E-state index in [1.165, 1.54) is 17.7 Å². The summed E-state index contributed by atoms with van der Waals surface area (Å²) in [6, 6.07) is 14.7. The van der Waals surface area contributed by atoms with E-state index >= 15 is 0 Å². The first-order chi connectivity index (χ1) is 13.1. The SMILES string of the molecule is CCN(Cc1ccccc1)C1CCC([C@H](N)Cc2cc(F)ccc2F)CC1. The van der Waals surface area contributed by atoms with Crippen LogP contribution in [0, 0.1) is 17.6 Å². The molecule has 2 N–H and O–H groups in total. The molecule has 2 aromatic rings. The first-order valence-corrected chi connectivity index (χ1v) is 10.0. The Labute approximate surface area is 161 Å². The van der Waals surface area contributed by atoms with Gasteiger partial charge in [0.1, 0.15) is 11.6 Å². The van der Waals surface area contributed by atoms with Crippen LogP contribution in [0.3, 0.4) is 0 Å². The Morgan fingerprint density at radius 2 is 1.74 bits per heavy atom. The van der Waals surface area contributed by atoms with Gasteiger partial charge in [-0.15, -0.1) is 0 Å². The fourth-order valence-corrected chi connectivity index (χ4v) is 4.33. The minimum absolute atomic E-state index is 0.119. The maximum Gasteiger partial charge on any atom is 0.126 e. The lowest BCUT2D eigenvalue weighted by Gasteiger charge is -2.38. The molecule has 0 aliphatic heterocycles. The maximum atomic E-state index is 13.9. The topological polar surface area (TPSA) is 29.3 Å². The van der Waals surface area contributed by atoms with Crippen molar-refractivity contribution in [1.82, 2.24) is 4.90 Å². The summed E-state index contributed by atoms with van der Waals surface area (Å²) in [5.41, 5.74) is 8.11. The fourth-order valence-electron chi connectivity index (χ4n) is 4.33. The normalized spacial score (nSPS) is 21.4. The van der Waals surface area contributed by atoms with Crippen LogP contribution in [0.2, 0.25) is 0 Å². The van der Waals surface area contributed by atoms with Crippen LogP contribution >= 0.6 is 0 Å². The summed E-state index contributed by atoms with van der Waals surface area (Å²) in [6.45, 7) is 4.23. The molecule has 1 aliphatic carbocycles. The van der Waals surface area contributed by atoms with Crippen LogP contribution in [-0.4, -0.2) is 23.5 Å². The van der Waals surface area contributed by atoms with Gasteiger partial charge >= 0.3 is 0 Å². The van der Waals surface area contributed by atoms with Crippen molar-refractivity contribution in [3.8, 4) is 0 Å². The third-order valence-electron chi connectivity index (χ3n) is 5.96. The Balaban J connectivity index is 1.53. The average molecular weight is 373 g/mol. The van der Waals surface area contributed by atoms with Crippen LogP contribution in [0.1, 0.15) is 43.7 Å². The van der Waals surface area contributed by atoms with Crippen LogP contribution in [0.15, 0.2) is 48.5 Å². The summed E-state index contributed by atoms with van der Waals surface area (Å²) in [5.74, 6) is -0.387. The standard InChI is InChI=1S/C23H30F2N2/c1-2-27(16-17-6-4-3-5-7-17)21-11-8-18(9-12-21)23(26)15-19-14-20(24)10-13-22(19)25/h3-7,10,13-14,18,21,23H,2,8-9,11-12,15-16,26H2,1H3/t18?,21?,23-/m1/s1. The number of hydrogen-bond donors (Lipinski definition) is 1. The Bertz CT molecular complexity index is 712. The quantitative estimate of drug-likeness (QED) is 0.748. The van der Waals surface area contributed by atoms with Gasteiger partial charge in [0.05, 0.1) is 0 Å². The van der Waals surface area contributed by atoms with Crippen molar-refractivity contribution in [2.45, 2.75) is 57.7 Å². The number of halogens is 2. The predicted octanol–water partition coefficient (Wildman–Crippen LogP) is 4.92. The highest BCUT2D eigenvalue weighted by atomic mass is 19.1. The molecule has 1 atom stereocenters. The molecule has 2 nitrogen and oxygen atoms in total. The van der Waals surface area contributed by atoms with Gasteiger partial charge in [-0.3, -0.25) is 4.90 Å². The van der Waals surface area contributed by atoms with Gasteiger partial charge in [-0.2, -0.15) is 0 Å². The second kappa shape index (κ2) is 9.43. The van der Waals surface area contributed by atoms with E-state index in [2.05, 4.69) is 36.1 Å². The zero-order chi connectivity index (χ0) is 19.2. The zero-order valence-electron chi connectivity index (χ0n) is 16.1. The van der Waals surface area contributed by atoms with Gasteiger partial charge in [-0.25, -0.2) is 8.78 Å². The molecular formula is C23H30F2N2. The lowest BCUT2D eigenvalue weighted by molar-refractivity contribution is 0.127. The Hall–Kier alpha value is -1.78. The molecule has 0 unspecified atom stereocenters. The number of nitrogens with zero attached hydrogens (tertiary/aromatic N) is 1. The van der Waals surface area contributed by atoms with Gasteiger partial charge in [0, 0.05) is 18.6 Å². The van der Waals surface area contributed by atoms with E-state index in [1.807, 2.05) is 6.07 Å². The monoisotopic (exact) mass is 372 g/mol. The van der Waals surface area contributed by atoms with Gasteiger partial charge < -0.3 is 5.73 Å². The highest BCUT2D eigenvalue weighted by molar-refractivity contribution is 5.20. The van der Waals surface area contributed by atoms with E-state index < -0.39 is 5.82 Å². The average Bonchev–Trinajstić information content (AvgIpc) is 2.70. The van der Waals surface area contributed by atoms with Crippen molar-refractivity contribution in [2.75, 3.05) is 6.54 Å². The third kappa shape index (κ3) is 5.36. The number of hydrogen-bond acceptors (Lipinski definition) is 2. The molecule has 1 saturated carbocycles. The van der Waals surface area contributed by atoms with Crippen LogP contribution in [0.25, 0.3) is 0 Å². The Morgan fingerprint density at radius 1 is 1.04 bits per heavy atom. The summed E-state index contributed by atoms with van der Waals surface area (Å²) in [6.07, 6.45) is 4.73. The molecular weight excluding hydrogens is 342 g/mol. The van der Waals surface area contributed by atoms with Gasteiger partial charge in [0.2, 0.25) is 0 Å². The highest BCUT2D eigenvalue weighted by Gasteiger charge is 2.28. The minimum Gasteiger partial charge on any atom is -0.327 e. The van der Waals surface area contributed by atoms with E-state index in [4.69, 9.17) is 5.73 Å². The third-order valence-corrected chi connectivity index (χ3v) is 5.96. The lowest BCUT2D eigenvalue weighted by Crippen LogP contribution is -2.41. The van der Waals surface area contributed by atoms with Gasteiger partial charge in [0.15, 0.2) is 0 Å². The smallest absolute Gasteiger partial charge is 0.126 e. The summed E-state index contributed by atoms with van der Waals surface area (Å²) in [4.78, 5) is 2.54. The number of benzene rings is 2. The molecule has 0 amide bonds. The van der Waals surface area contributed by atoms with Crippen LogP contribution in [0.5, 0.6) is 0 Å². The van der Waals surface area contributed by atoms with Crippen molar-refractivity contribution in [1.29, 1.82) is 0 Å². The van der Waals surface area contributed by atoms with Crippen molar-refractivity contribution in [3.63, 3.8) is 0 Å². The second-order valence-electron chi connectivity index (χ2n) is 7.72. The first-order valence-electron chi connectivity index (χ1n) is 10.0. The molecule has 27 heavy (non-hydrogen) atoms. The molecule has 3 rings (SSSR count). The molecule has 0 aromatic heterocycles. The van der Waals surface area contributed by atoms with Crippen molar-refractivity contribution < 1.29 is 8.78 Å². The summed E-state index contributed by atoms with van der Waals surface area (Å²) in [5, 5.41) is 0. The van der Waals surface area contributed by atoms with Crippen molar-refractivity contribution in [3.05, 3.63) is 71.3 Å². The minimum atomic E-state index is -0.401. The first kappa shape index (κ1) is 20.0.